The number of carbonyl (C=O) groups is 1. The van der Waals surface area contributed by atoms with Gasteiger partial charge in [0.15, 0.2) is 0 Å². The Morgan fingerprint density at radius 1 is 0.655 bits per heavy atom. The van der Waals surface area contributed by atoms with Crippen molar-refractivity contribution in [1.82, 2.24) is 4.90 Å². The average Bonchev–Trinajstić information content (AvgIpc) is 2.63. The fourth-order valence-corrected chi connectivity index (χ4v) is 3.08. The summed E-state index contributed by atoms with van der Waals surface area (Å²) in [5.74, 6) is -0.156. The van der Waals surface area contributed by atoms with E-state index in [1.807, 2.05) is 26.0 Å². The Morgan fingerprint density at radius 3 is 1.31 bits per heavy atom. The van der Waals surface area contributed by atoms with Crippen LogP contribution >= 0.6 is 12.4 Å². The lowest BCUT2D eigenvalue weighted by Gasteiger charge is -2.01. The number of carbonyl (C=O) groups excluding carboxylic acids is 1. The van der Waals surface area contributed by atoms with Crippen molar-refractivity contribution in [2.75, 3.05) is 21.1 Å². The number of nitrogens with zero attached hydrogens (tertiary/aromatic N) is 1. The number of rotatable bonds is 19. The summed E-state index contributed by atoms with van der Waals surface area (Å²) in [5.41, 5.74) is 5.13. The maximum absolute atomic E-state index is 10.6. The molecule has 0 heterocycles. The van der Waals surface area contributed by atoms with Crippen LogP contribution in [0.25, 0.3) is 0 Å². The van der Waals surface area contributed by atoms with Crippen molar-refractivity contribution in [1.29, 1.82) is 0 Å². The molecule has 0 aromatic carbocycles. The summed E-state index contributed by atoms with van der Waals surface area (Å²) >= 11 is 0. The van der Waals surface area contributed by atoms with Crippen LogP contribution in [-0.2, 0) is 4.79 Å². The molecule has 0 aromatic rings. The standard InChI is InChI=1S/C22H43NO.C3H9N.ClH/c1-2-3-4-5-6-7-8-9-10-11-12-13-14-15-16-17-18-19-20-21-22(23)24;1-4(2)3;/h9-10H,2-8,11-21H2,1H3,(H2,23,24);1-3H3;1H/b10-9-;;. The summed E-state index contributed by atoms with van der Waals surface area (Å²) in [6.07, 6.45) is 27.8. The molecular formula is C25H53ClN2O. The first kappa shape index (κ1) is 33.1. The summed E-state index contributed by atoms with van der Waals surface area (Å²) in [6, 6.07) is 0. The third kappa shape index (κ3) is 42.5. The van der Waals surface area contributed by atoms with E-state index in [2.05, 4.69) is 19.1 Å². The molecule has 4 heteroatoms. The molecule has 0 unspecified atom stereocenters. The molecule has 0 spiro atoms. The lowest BCUT2D eigenvalue weighted by Crippen LogP contribution is -2.09. The number of hydrogen-bond acceptors (Lipinski definition) is 2. The first-order valence-electron chi connectivity index (χ1n) is 12.0. The maximum atomic E-state index is 10.6. The number of hydrogen-bond donors (Lipinski definition) is 1. The van der Waals surface area contributed by atoms with Gasteiger partial charge in [0.1, 0.15) is 0 Å². The molecule has 0 aliphatic carbocycles. The molecule has 0 rings (SSSR count). The van der Waals surface area contributed by atoms with Crippen molar-refractivity contribution in [3.63, 3.8) is 0 Å². The van der Waals surface area contributed by atoms with Crippen LogP contribution in [0.2, 0.25) is 0 Å². The number of primary amides is 1. The zero-order valence-electron chi connectivity index (χ0n) is 20.2. The zero-order valence-corrected chi connectivity index (χ0v) is 21.0. The molecule has 0 saturated heterocycles. The molecule has 29 heavy (non-hydrogen) atoms. The normalized spacial score (nSPS) is 10.7. The molecule has 1 amide bonds. The number of amides is 1. The van der Waals surface area contributed by atoms with Gasteiger partial charge in [0.25, 0.3) is 0 Å². The Bertz CT molecular complexity index is 330. The van der Waals surface area contributed by atoms with Crippen molar-refractivity contribution in [2.45, 2.75) is 122 Å². The van der Waals surface area contributed by atoms with Gasteiger partial charge in [0, 0.05) is 6.42 Å². The molecule has 0 atom stereocenters. The molecule has 0 aliphatic rings. The molecule has 3 nitrogen and oxygen atoms in total. The Morgan fingerprint density at radius 2 is 0.966 bits per heavy atom. The predicted molar refractivity (Wildman–Crippen MR) is 134 cm³/mol. The van der Waals surface area contributed by atoms with Gasteiger partial charge in [-0.25, -0.2) is 0 Å². The smallest absolute Gasteiger partial charge is 0.217 e. The fourth-order valence-electron chi connectivity index (χ4n) is 3.08. The minimum atomic E-state index is -0.156. The third-order valence-corrected chi connectivity index (χ3v) is 4.68. The highest BCUT2D eigenvalue weighted by Gasteiger charge is 1.95. The van der Waals surface area contributed by atoms with Crippen LogP contribution in [0.3, 0.4) is 0 Å². The molecule has 176 valence electrons. The van der Waals surface area contributed by atoms with Crippen molar-refractivity contribution < 1.29 is 4.79 Å². The Hall–Kier alpha value is -0.540. The highest BCUT2D eigenvalue weighted by atomic mass is 35.5. The summed E-state index contributed by atoms with van der Waals surface area (Å²) in [4.78, 5) is 12.6. The number of unbranched alkanes of at least 4 members (excludes halogenated alkanes) is 15. The maximum Gasteiger partial charge on any atom is 0.217 e. The van der Waals surface area contributed by atoms with E-state index in [9.17, 15) is 4.79 Å². The topological polar surface area (TPSA) is 46.3 Å². The summed E-state index contributed by atoms with van der Waals surface area (Å²) < 4.78 is 0. The van der Waals surface area contributed by atoms with Gasteiger partial charge in [-0.3, -0.25) is 4.79 Å². The van der Waals surface area contributed by atoms with Crippen molar-refractivity contribution in [2.24, 2.45) is 5.73 Å². The van der Waals surface area contributed by atoms with Crippen LogP contribution in [0.15, 0.2) is 12.2 Å². The molecule has 0 bridgehead atoms. The van der Waals surface area contributed by atoms with Crippen LogP contribution in [0.4, 0.5) is 0 Å². The number of nitrogens with two attached hydrogens (primary N) is 1. The van der Waals surface area contributed by atoms with Crippen molar-refractivity contribution in [3.8, 4) is 0 Å². The minimum Gasteiger partial charge on any atom is -0.370 e. The predicted octanol–water partition coefficient (Wildman–Crippen LogP) is 7.67. The van der Waals surface area contributed by atoms with E-state index in [0.29, 0.717) is 6.42 Å². The van der Waals surface area contributed by atoms with Gasteiger partial charge in [-0.05, 0) is 53.2 Å². The second-order valence-corrected chi connectivity index (χ2v) is 8.56. The van der Waals surface area contributed by atoms with Gasteiger partial charge in [-0.2, -0.15) is 0 Å². The summed E-state index contributed by atoms with van der Waals surface area (Å²) in [6.45, 7) is 2.28. The molecular weight excluding hydrogens is 380 g/mol. The summed E-state index contributed by atoms with van der Waals surface area (Å²) in [5, 5.41) is 0. The zero-order chi connectivity index (χ0) is 21.3. The van der Waals surface area contributed by atoms with E-state index < -0.39 is 0 Å². The van der Waals surface area contributed by atoms with Gasteiger partial charge in [0.05, 0.1) is 0 Å². The van der Waals surface area contributed by atoms with E-state index in [1.54, 1.807) is 0 Å². The quantitative estimate of drug-likeness (QED) is 0.168. The lowest BCUT2D eigenvalue weighted by atomic mass is 10.1. The first-order valence-corrected chi connectivity index (χ1v) is 12.0. The molecule has 2 N–H and O–H groups in total. The van der Waals surface area contributed by atoms with Gasteiger partial charge < -0.3 is 10.6 Å². The van der Waals surface area contributed by atoms with Crippen molar-refractivity contribution >= 4 is 18.3 Å². The van der Waals surface area contributed by atoms with E-state index in [-0.39, 0.29) is 18.3 Å². The highest BCUT2D eigenvalue weighted by Crippen LogP contribution is 2.12. The second kappa shape index (κ2) is 29.7. The summed E-state index contributed by atoms with van der Waals surface area (Å²) in [7, 11) is 6.00. The number of halogens is 1. The van der Waals surface area contributed by atoms with Gasteiger partial charge in [0.2, 0.25) is 5.91 Å². The van der Waals surface area contributed by atoms with E-state index in [4.69, 9.17) is 5.73 Å². The fraction of sp³-hybridized carbons (Fsp3) is 0.880. The van der Waals surface area contributed by atoms with Gasteiger partial charge in [-0.15, -0.1) is 12.4 Å². The van der Waals surface area contributed by atoms with Gasteiger partial charge in [-0.1, -0.05) is 96.1 Å². The van der Waals surface area contributed by atoms with E-state index >= 15 is 0 Å². The molecule has 0 fully saturated rings. The van der Waals surface area contributed by atoms with Crippen LogP contribution in [-0.4, -0.2) is 32.0 Å². The Balaban J connectivity index is -0.00000123. The highest BCUT2D eigenvalue weighted by molar-refractivity contribution is 5.85. The Kier molecular flexibility index (Phi) is 33.9. The van der Waals surface area contributed by atoms with Crippen LogP contribution in [0, 0.1) is 0 Å². The SMILES string of the molecule is CCCCCCCC/C=C\CCCCCCCCCCCC(N)=O.CN(C)C.Cl. The third-order valence-electron chi connectivity index (χ3n) is 4.68. The molecule has 0 radical (unpaired) electrons. The first-order chi connectivity index (χ1) is 13.5. The lowest BCUT2D eigenvalue weighted by molar-refractivity contribution is -0.118. The van der Waals surface area contributed by atoms with E-state index in [0.717, 1.165) is 12.8 Å². The average molecular weight is 433 g/mol. The van der Waals surface area contributed by atoms with Gasteiger partial charge >= 0.3 is 0 Å². The van der Waals surface area contributed by atoms with Crippen LogP contribution < -0.4 is 5.73 Å². The van der Waals surface area contributed by atoms with Crippen LogP contribution in [0.1, 0.15) is 122 Å². The molecule has 0 aromatic heterocycles. The monoisotopic (exact) mass is 432 g/mol. The van der Waals surface area contributed by atoms with Crippen LogP contribution in [0.5, 0.6) is 0 Å². The molecule has 0 aliphatic heterocycles. The minimum absolute atomic E-state index is 0. The van der Waals surface area contributed by atoms with Crippen molar-refractivity contribution in [3.05, 3.63) is 12.2 Å². The Labute approximate surface area is 189 Å². The largest absolute Gasteiger partial charge is 0.370 e. The second-order valence-electron chi connectivity index (χ2n) is 8.56. The molecule has 0 saturated carbocycles. The van der Waals surface area contributed by atoms with E-state index in [1.165, 1.54) is 96.3 Å². The number of allylic oxidation sites excluding steroid dienone is 2.